The first-order chi connectivity index (χ1) is 8.31. The summed E-state index contributed by atoms with van der Waals surface area (Å²) in [4.78, 5) is 4.24. The molecule has 0 saturated heterocycles. The third kappa shape index (κ3) is 2.75. The summed E-state index contributed by atoms with van der Waals surface area (Å²) in [5.74, 6) is 0.719. The molecule has 1 aromatic carbocycles. The maximum atomic E-state index is 5.87. The fourth-order valence-corrected chi connectivity index (χ4v) is 1.78. The Hall–Kier alpha value is -2.03. The lowest BCUT2D eigenvalue weighted by Gasteiger charge is -2.12. The zero-order chi connectivity index (χ0) is 12.1. The van der Waals surface area contributed by atoms with Gasteiger partial charge in [0.2, 0.25) is 0 Å². The normalized spacial score (nSPS) is 10.2. The highest BCUT2D eigenvalue weighted by molar-refractivity contribution is 5.70. The van der Waals surface area contributed by atoms with Gasteiger partial charge in [0.1, 0.15) is 0 Å². The SMILES string of the molecule is CCCc1ccccc1Nc1ncccc1N. The van der Waals surface area contributed by atoms with E-state index in [-0.39, 0.29) is 0 Å². The monoisotopic (exact) mass is 227 g/mol. The van der Waals surface area contributed by atoms with Crippen LogP contribution in [0.25, 0.3) is 0 Å². The summed E-state index contributed by atoms with van der Waals surface area (Å²) < 4.78 is 0. The molecule has 0 aliphatic rings. The van der Waals surface area contributed by atoms with E-state index in [2.05, 4.69) is 35.4 Å². The van der Waals surface area contributed by atoms with Gasteiger partial charge in [-0.1, -0.05) is 31.5 Å². The minimum atomic E-state index is 0.666. The summed E-state index contributed by atoms with van der Waals surface area (Å²) >= 11 is 0. The molecule has 0 aliphatic heterocycles. The summed E-state index contributed by atoms with van der Waals surface area (Å²) in [5, 5.41) is 3.29. The molecule has 0 spiro atoms. The van der Waals surface area contributed by atoms with Crippen molar-refractivity contribution in [2.45, 2.75) is 19.8 Å². The van der Waals surface area contributed by atoms with E-state index >= 15 is 0 Å². The zero-order valence-corrected chi connectivity index (χ0v) is 9.98. The molecule has 0 bridgehead atoms. The minimum Gasteiger partial charge on any atom is -0.396 e. The quantitative estimate of drug-likeness (QED) is 0.842. The first-order valence-corrected chi connectivity index (χ1v) is 5.86. The lowest BCUT2D eigenvalue weighted by atomic mass is 10.1. The van der Waals surface area contributed by atoms with Gasteiger partial charge < -0.3 is 11.1 Å². The Kier molecular flexibility index (Phi) is 3.60. The third-order valence-corrected chi connectivity index (χ3v) is 2.63. The zero-order valence-electron chi connectivity index (χ0n) is 9.98. The predicted octanol–water partition coefficient (Wildman–Crippen LogP) is 3.36. The van der Waals surface area contributed by atoms with E-state index in [1.54, 1.807) is 6.20 Å². The Balaban J connectivity index is 2.27. The highest BCUT2D eigenvalue weighted by Gasteiger charge is 2.03. The Morgan fingerprint density at radius 2 is 2.00 bits per heavy atom. The molecule has 88 valence electrons. The first-order valence-electron chi connectivity index (χ1n) is 5.86. The molecule has 0 atom stereocenters. The van der Waals surface area contributed by atoms with Crippen LogP contribution in [0.1, 0.15) is 18.9 Å². The number of aromatic nitrogens is 1. The summed E-state index contributed by atoms with van der Waals surface area (Å²) in [5.41, 5.74) is 8.91. The standard InChI is InChI=1S/C14H17N3/c1-2-6-11-7-3-4-9-13(11)17-14-12(15)8-5-10-16-14/h3-5,7-10H,2,6,15H2,1H3,(H,16,17). The van der Waals surface area contributed by atoms with Gasteiger partial charge in [0.25, 0.3) is 0 Å². The maximum Gasteiger partial charge on any atom is 0.153 e. The van der Waals surface area contributed by atoms with E-state index in [1.165, 1.54) is 5.56 Å². The Morgan fingerprint density at radius 3 is 2.76 bits per heavy atom. The molecule has 3 nitrogen and oxygen atoms in total. The second kappa shape index (κ2) is 5.34. The second-order valence-corrected chi connectivity index (χ2v) is 3.97. The number of pyridine rings is 1. The van der Waals surface area contributed by atoms with Crippen molar-refractivity contribution in [3.8, 4) is 0 Å². The number of para-hydroxylation sites is 1. The van der Waals surface area contributed by atoms with Crippen molar-refractivity contribution in [2.24, 2.45) is 0 Å². The molecule has 0 saturated carbocycles. The lowest BCUT2D eigenvalue weighted by molar-refractivity contribution is 0.923. The van der Waals surface area contributed by atoms with Crippen molar-refractivity contribution < 1.29 is 0 Å². The third-order valence-electron chi connectivity index (χ3n) is 2.63. The van der Waals surface area contributed by atoms with Gasteiger partial charge in [-0.3, -0.25) is 0 Å². The van der Waals surface area contributed by atoms with E-state index in [4.69, 9.17) is 5.73 Å². The van der Waals surface area contributed by atoms with Crippen LogP contribution in [0.4, 0.5) is 17.2 Å². The smallest absolute Gasteiger partial charge is 0.153 e. The van der Waals surface area contributed by atoms with Crippen molar-refractivity contribution in [3.63, 3.8) is 0 Å². The largest absolute Gasteiger partial charge is 0.396 e. The summed E-state index contributed by atoms with van der Waals surface area (Å²) in [7, 11) is 0. The fraction of sp³-hybridized carbons (Fsp3) is 0.214. The van der Waals surface area contributed by atoms with Gasteiger partial charge in [0.05, 0.1) is 5.69 Å². The average molecular weight is 227 g/mol. The van der Waals surface area contributed by atoms with Crippen LogP contribution in [0.5, 0.6) is 0 Å². The van der Waals surface area contributed by atoms with Gasteiger partial charge in [-0.05, 0) is 30.2 Å². The van der Waals surface area contributed by atoms with Crippen LogP contribution in [0, 0.1) is 0 Å². The summed E-state index contributed by atoms with van der Waals surface area (Å²) in [6.45, 7) is 2.17. The molecule has 3 N–H and O–H groups in total. The number of nitrogens with two attached hydrogens (primary N) is 1. The molecular weight excluding hydrogens is 210 g/mol. The predicted molar refractivity (Wildman–Crippen MR) is 72.4 cm³/mol. The van der Waals surface area contributed by atoms with Gasteiger partial charge in [-0.15, -0.1) is 0 Å². The maximum absolute atomic E-state index is 5.87. The van der Waals surface area contributed by atoms with E-state index < -0.39 is 0 Å². The number of hydrogen-bond acceptors (Lipinski definition) is 3. The van der Waals surface area contributed by atoms with Crippen molar-refractivity contribution in [3.05, 3.63) is 48.2 Å². The van der Waals surface area contributed by atoms with Crippen LogP contribution < -0.4 is 11.1 Å². The molecule has 2 rings (SSSR count). The Bertz CT molecular complexity index is 494. The Labute approximate surface area is 102 Å². The van der Waals surface area contributed by atoms with Gasteiger partial charge in [0, 0.05) is 11.9 Å². The first kappa shape index (κ1) is 11.5. The molecule has 1 aromatic heterocycles. The average Bonchev–Trinajstić information content (AvgIpc) is 2.35. The van der Waals surface area contributed by atoms with Gasteiger partial charge in [-0.25, -0.2) is 4.98 Å². The molecule has 0 amide bonds. The highest BCUT2D eigenvalue weighted by Crippen LogP contribution is 2.23. The summed E-state index contributed by atoms with van der Waals surface area (Å²) in [6.07, 6.45) is 3.91. The molecule has 17 heavy (non-hydrogen) atoms. The van der Waals surface area contributed by atoms with E-state index in [0.717, 1.165) is 24.3 Å². The van der Waals surface area contributed by atoms with Crippen LogP contribution in [-0.2, 0) is 6.42 Å². The summed E-state index contributed by atoms with van der Waals surface area (Å²) in [6, 6.07) is 11.9. The highest BCUT2D eigenvalue weighted by atomic mass is 15.0. The lowest BCUT2D eigenvalue weighted by Crippen LogP contribution is -2.01. The van der Waals surface area contributed by atoms with Crippen molar-refractivity contribution in [2.75, 3.05) is 11.1 Å². The van der Waals surface area contributed by atoms with Crippen molar-refractivity contribution >= 4 is 17.2 Å². The molecule has 0 unspecified atom stereocenters. The topological polar surface area (TPSA) is 50.9 Å². The number of rotatable bonds is 4. The van der Waals surface area contributed by atoms with Crippen molar-refractivity contribution in [1.29, 1.82) is 0 Å². The molecule has 0 aliphatic carbocycles. The number of aryl methyl sites for hydroxylation is 1. The number of benzene rings is 1. The van der Waals surface area contributed by atoms with Gasteiger partial charge in [0.15, 0.2) is 5.82 Å². The number of nitrogen functional groups attached to an aromatic ring is 1. The fourth-order valence-electron chi connectivity index (χ4n) is 1.78. The molecule has 0 radical (unpaired) electrons. The van der Waals surface area contributed by atoms with Crippen molar-refractivity contribution in [1.82, 2.24) is 4.98 Å². The second-order valence-electron chi connectivity index (χ2n) is 3.97. The van der Waals surface area contributed by atoms with Gasteiger partial charge >= 0.3 is 0 Å². The van der Waals surface area contributed by atoms with E-state index in [9.17, 15) is 0 Å². The number of nitrogens with zero attached hydrogens (tertiary/aromatic N) is 1. The van der Waals surface area contributed by atoms with Crippen LogP contribution in [0.2, 0.25) is 0 Å². The molecule has 3 heteroatoms. The van der Waals surface area contributed by atoms with Gasteiger partial charge in [-0.2, -0.15) is 0 Å². The van der Waals surface area contributed by atoms with Crippen LogP contribution in [-0.4, -0.2) is 4.98 Å². The number of anilines is 3. The van der Waals surface area contributed by atoms with E-state index in [0.29, 0.717) is 5.69 Å². The van der Waals surface area contributed by atoms with Crippen LogP contribution in [0.3, 0.4) is 0 Å². The molecule has 2 aromatic rings. The minimum absolute atomic E-state index is 0.666. The molecule has 0 fully saturated rings. The van der Waals surface area contributed by atoms with E-state index in [1.807, 2.05) is 18.2 Å². The molecular formula is C14H17N3. The number of hydrogen-bond donors (Lipinski definition) is 2. The van der Waals surface area contributed by atoms with Crippen LogP contribution in [0.15, 0.2) is 42.6 Å². The molecule has 1 heterocycles. The van der Waals surface area contributed by atoms with Crippen LogP contribution >= 0.6 is 0 Å². The Morgan fingerprint density at radius 1 is 1.18 bits per heavy atom. The number of nitrogens with one attached hydrogen (secondary N) is 1.